The normalized spacial score (nSPS) is 16.0. The maximum Gasteiger partial charge on any atom is 0.269 e. The zero-order valence-corrected chi connectivity index (χ0v) is 12.3. The summed E-state index contributed by atoms with van der Waals surface area (Å²) in [7, 11) is 0. The van der Waals surface area contributed by atoms with E-state index in [2.05, 4.69) is 0 Å². The monoisotopic (exact) mass is 312 g/mol. The van der Waals surface area contributed by atoms with Crippen molar-refractivity contribution < 1.29 is 14.5 Å². The molecule has 0 spiro atoms. The van der Waals surface area contributed by atoms with Crippen LogP contribution in [0.2, 0.25) is 0 Å². The van der Waals surface area contributed by atoms with Gasteiger partial charge in [0.1, 0.15) is 0 Å². The molecule has 0 aromatic heterocycles. The third kappa shape index (κ3) is 4.15. The van der Waals surface area contributed by atoms with Gasteiger partial charge < -0.3 is 9.64 Å². The number of benzene rings is 1. The first-order valence-electron chi connectivity index (χ1n) is 6.83. The molecule has 1 fully saturated rings. The van der Waals surface area contributed by atoms with Crippen molar-refractivity contribution in [3.8, 4) is 0 Å². The van der Waals surface area contributed by atoms with Gasteiger partial charge in [0.2, 0.25) is 0 Å². The minimum Gasteiger partial charge on any atom is -0.377 e. The molecule has 1 aromatic rings. The highest BCUT2D eigenvalue weighted by Gasteiger charge is 2.24. The van der Waals surface area contributed by atoms with E-state index >= 15 is 0 Å². The molecule has 1 saturated heterocycles. The fraction of sp³-hybridized carbons (Fsp3) is 0.500. The predicted molar refractivity (Wildman–Crippen MR) is 78.7 cm³/mol. The minimum absolute atomic E-state index is 0.0141. The number of rotatable bonds is 5. The van der Waals surface area contributed by atoms with Crippen LogP contribution in [0.25, 0.3) is 0 Å². The summed E-state index contributed by atoms with van der Waals surface area (Å²) in [6.07, 6.45) is 1.73. The number of hydrogen-bond acceptors (Lipinski definition) is 4. The van der Waals surface area contributed by atoms with Gasteiger partial charge in [0, 0.05) is 36.7 Å². The van der Waals surface area contributed by atoms with Crippen LogP contribution >= 0.6 is 11.6 Å². The van der Waals surface area contributed by atoms with Gasteiger partial charge >= 0.3 is 0 Å². The van der Waals surface area contributed by atoms with Crippen LogP contribution in [0.5, 0.6) is 0 Å². The lowest BCUT2D eigenvalue weighted by molar-refractivity contribution is -0.384. The molecule has 0 radical (unpaired) electrons. The quantitative estimate of drug-likeness (QED) is 0.475. The summed E-state index contributed by atoms with van der Waals surface area (Å²) in [6.45, 7) is 1.79. The number of carbonyl (C=O) groups is 1. The molecule has 0 atom stereocenters. The van der Waals surface area contributed by atoms with E-state index in [9.17, 15) is 14.9 Å². The maximum atomic E-state index is 12.3. The van der Waals surface area contributed by atoms with E-state index in [1.165, 1.54) is 24.3 Å². The fourth-order valence-electron chi connectivity index (χ4n) is 2.35. The summed E-state index contributed by atoms with van der Waals surface area (Å²) in [6, 6.07) is 5.69. The van der Waals surface area contributed by atoms with Crippen molar-refractivity contribution >= 4 is 23.2 Å². The summed E-state index contributed by atoms with van der Waals surface area (Å²) in [5.74, 6) is 0.378. The van der Waals surface area contributed by atoms with Gasteiger partial charge in [-0.2, -0.15) is 0 Å². The van der Waals surface area contributed by atoms with Crippen LogP contribution < -0.4 is 0 Å². The summed E-state index contributed by atoms with van der Waals surface area (Å²) in [5, 5.41) is 10.6. The number of carbonyl (C=O) groups excluding carboxylic acids is 1. The Kier molecular flexibility index (Phi) is 5.52. The van der Waals surface area contributed by atoms with Crippen molar-refractivity contribution in [2.45, 2.75) is 18.9 Å². The largest absolute Gasteiger partial charge is 0.377 e. The van der Waals surface area contributed by atoms with Crippen LogP contribution in [-0.4, -0.2) is 47.4 Å². The molecule has 0 bridgehead atoms. The van der Waals surface area contributed by atoms with E-state index in [0.717, 1.165) is 12.8 Å². The van der Waals surface area contributed by atoms with E-state index in [-0.39, 0.29) is 17.7 Å². The molecule has 0 saturated carbocycles. The van der Waals surface area contributed by atoms with Crippen LogP contribution in [0.4, 0.5) is 5.69 Å². The van der Waals surface area contributed by atoms with Crippen LogP contribution in [0, 0.1) is 10.1 Å². The molecule has 21 heavy (non-hydrogen) atoms. The van der Waals surface area contributed by atoms with Gasteiger partial charge in [0.15, 0.2) is 0 Å². The molecule has 0 unspecified atom stereocenters. The Morgan fingerprint density at radius 3 is 2.48 bits per heavy atom. The number of ether oxygens (including phenoxy) is 1. The summed E-state index contributed by atoms with van der Waals surface area (Å²) in [4.78, 5) is 24.2. The number of nitro benzene ring substituents is 1. The smallest absolute Gasteiger partial charge is 0.269 e. The van der Waals surface area contributed by atoms with E-state index in [1.54, 1.807) is 4.90 Å². The lowest BCUT2D eigenvalue weighted by atomic mass is 10.1. The fourth-order valence-corrected chi connectivity index (χ4v) is 2.43. The summed E-state index contributed by atoms with van der Waals surface area (Å²) >= 11 is 5.58. The van der Waals surface area contributed by atoms with Crippen molar-refractivity contribution in [2.75, 3.05) is 25.6 Å². The zero-order chi connectivity index (χ0) is 15.2. The molecular weight excluding hydrogens is 296 g/mol. The van der Waals surface area contributed by atoms with E-state index in [4.69, 9.17) is 16.3 Å². The second kappa shape index (κ2) is 7.38. The average molecular weight is 313 g/mol. The maximum absolute atomic E-state index is 12.3. The lowest BCUT2D eigenvalue weighted by Gasteiger charge is -2.31. The highest BCUT2D eigenvalue weighted by molar-refractivity contribution is 6.17. The van der Waals surface area contributed by atoms with Gasteiger partial charge in [-0.05, 0) is 25.0 Å². The first-order chi connectivity index (χ1) is 10.1. The average Bonchev–Trinajstić information content (AvgIpc) is 2.53. The molecule has 2 rings (SSSR count). The molecule has 6 nitrogen and oxygen atoms in total. The van der Waals surface area contributed by atoms with Crippen molar-refractivity contribution in [2.24, 2.45) is 0 Å². The van der Waals surface area contributed by atoms with Crippen LogP contribution in [0.15, 0.2) is 24.3 Å². The molecule has 0 N–H and O–H groups in total. The zero-order valence-electron chi connectivity index (χ0n) is 11.5. The molecule has 1 heterocycles. The minimum atomic E-state index is -0.478. The number of hydrogen-bond donors (Lipinski definition) is 0. The van der Waals surface area contributed by atoms with Gasteiger partial charge in [-0.15, -0.1) is 11.6 Å². The van der Waals surface area contributed by atoms with Gasteiger partial charge in [-0.1, -0.05) is 0 Å². The number of non-ortho nitro benzene ring substituents is 1. The van der Waals surface area contributed by atoms with Crippen molar-refractivity contribution in [3.05, 3.63) is 39.9 Å². The van der Waals surface area contributed by atoms with E-state index in [0.29, 0.717) is 31.1 Å². The molecule has 1 aromatic carbocycles. The Balaban J connectivity index is 1.91. The lowest BCUT2D eigenvalue weighted by Crippen LogP contribution is -2.41. The van der Waals surface area contributed by atoms with Crippen LogP contribution in [0.3, 0.4) is 0 Å². The standard InChI is InChI=1S/C14H17ClN2O4/c15-7-10-21-13-5-8-16(9-6-13)14(18)11-1-3-12(4-2-11)17(19)20/h1-4,13H,5-10H2. The van der Waals surface area contributed by atoms with Crippen LogP contribution in [0.1, 0.15) is 23.2 Å². The van der Waals surface area contributed by atoms with E-state index in [1.807, 2.05) is 0 Å². The van der Waals surface area contributed by atoms with Crippen molar-refractivity contribution in [3.63, 3.8) is 0 Å². The molecule has 1 amide bonds. The first-order valence-corrected chi connectivity index (χ1v) is 7.36. The van der Waals surface area contributed by atoms with Gasteiger partial charge in [0.05, 0.1) is 17.6 Å². The van der Waals surface area contributed by atoms with Crippen molar-refractivity contribution in [1.82, 2.24) is 4.90 Å². The topological polar surface area (TPSA) is 72.7 Å². The second-order valence-electron chi connectivity index (χ2n) is 4.86. The third-order valence-electron chi connectivity index (χ3n) is 3.48. The Bertz CT molecular complexity index is 498. The molecular formula is C14H17ClN2O4. The third-order valence-corrected chi connectivity index (χ3v) is 3.64. The Morgan fingerprint density at radius 1 is 1.33 bits per heavy atom. The highest BCUT2D eigenvalue weighted by Crippen LogP contribution is 2.18. The molecule has 114 valence electrons. The SMILES string of the molecule is O=C(c1ccc([N+](=O)[O-])cc1)N1CCC(OCCCl)CC1. The number of nitrogens with zero attached hydrogens (tertiary/aromatic N) is 2. The second-order valence-corrected chi connectivity index (χ2v) is 5.23. The van der Waals surface area contributed by atoms with Gasteiger partial charge in [0.25, 0.3) is 11.6 Å². The summed E-state index contributed by atoms with van der Waals surface area (Å²) < 4.78 is 5.56. The molecule has 1 aliphatic rings. The van der Waals surface area contributed by atoms with Gasteiger partial charge in [-0.3, -0.25) is 14.9 Å². The van der Waals surface area contributed by atoms with Gasteiger partial charge in [-0.25, -0.2) is 0 Å². The Hall–Kier alpha value is -1.66. The molecule has 0 aliphatic carbocycles. The molecule has 7 heteroatoms. The number of likely N-dealkylation sites (tertiary alicyclic amines) is 1. The number of piperidine rings is 1. The van der Waals surface area contributed by atoms with Crippen molar-refractivity contribution in [1.29, 1.82) is 0 Å². The first kappa shape index (κ1) is 15.7. The Morgan fingerprint density at radius 2 is 1.95 bits per heavy atom. The number of amides is 1. The van der Waals surface area contributed by atoms with Crippen LogP contribution in [-0.2, 0) is 4.74 Å². The number of halogens is 1. The highest BCUT2D eigenvalue weighted by atomic mass is 35.5. The predicted octanol–water partition coefficient (Wildman–Crippen LogP) is 2.45. The molecule has 1 aliphatic heterocycles. The summed E-state index contributed by atoms with van der Waals surface area (Å²) in [5.41, 5.74) is 0.459. The number of alkyl halides is 1. The Labute approximate surface area is 127 Å². The number of nitro groups is 1. The van der Waals surface area contributed by atoms with E-state index < -0.39 is 4.92 Å².